The number of halogens is 2. The Bertz CT molecular complexity index is 1450. The highest BCUT2D eigenvalue weighted by Crippen LogP contribution is 2.51. The third-order valence-corrected chi connectivity index (χ3v) is 7.97. The van der Waals surface area contributed by atoms with Crippen molar-refractivity contribution in [1.29, 1.82) is 0 Å². The number of anilines is 3. The van der Waals surface area contributed by atoms with Crippen LogP contribution in [-0.4, -0.2) is 74.6 Å². The molecule has 2 N–H and O–H groups in total. The molecule has 2 bridgehead atoms. The molecule has 14 heteroatoms. The molecule has 2 aliphatic heterocycles. The number of carbonyl (C=O) groups is 1. The highest BCUT2D eigenvalue weighted by Gasteiger charge is 2.64. The van der Waals surface area contributed by atoms with Gasteiger partial charge < -0.3 is 15.1 Å². The Morgan fingerprint density at radius 2 is 1.77 bits per heavy atom. The summed E-state index contributed by atoms with van der Waals surface area (Å²) in [6.07, 6.45) is 6.59. The minimum absolute atomic E-state index is 0.0349. The molecular weight excluding hydrogens is 532 g/mol. The topological polar surface area (TPSA) is 134 Å². The highest BCUT2D eigenvalue weighted by molar-refractivity contribution is 7.85. The van der Waals surface area contributed by atoms with Gasteiger partial charge in [0.15, 0.2) is 0 Å². The lowest BCUT2D eigenvalue weighted by molar-refractivity contribution is -0.138. The van der Waals surface area contributed by atoms with Crippen LogP contribution in [0, 0.1) is 12.8 Å². The Kier molecular flexibility index (Phi) is 7.01. The maximum atomic E-state index is 13.4. The van der Waals surface area contributed by atoms with Crippen molar-refractivity contribution < 1.29 is 26.5 Å². The van der Waals surface area contributed by atoms with Crippen LogP contribution in [0.4, 0.5) is 26.2 Å². The lowest BCUT2D eigenvalue weighted by atomic mass is 10.1. The van der Waals surface area contributed by atoms with Crippen LogP contribution in [-0.2, 0) is 22.0 Å². The second kappa shape index (κ2) is 10.2. The molecule has 2 saturated heterocycles. The second-order valence-corrected chi connectivity index (χ2v) is 11.5. The van der Waals surface area contributed by atoms with E-state index in [1.165, 1.54) is 12.1 Å². The van der Waals surface area contributed by atoms with Gasteiger partial charge in [-0.25, -0.2) is 13.8 Å². The number of nitrogens with one attached hydrogen (secondary N) is 1. The first-order valence-electron chi connectivity index (χ1n) is 12.5. The number of hydrogen-bond donors (Lipinski definition) is 2. The van der Waals surface area contributed by atoms with Crippen LogP contribution in [0.1, 0.15) is 24.8 Å². The molecule has 11 nitrogen and oxygen atoms in total. The summed E-state index contributed by atoms with van der Waals surface area (Å²) in [5.74, 6) is -3.07. The molecule has 0 radical (unpaired) electrons. The first-order valence-corrected chi connectivity index (χ1v) is 13.9. The fourth-order valence-electron chi connectivity index (χ4n) is 5.02. The lowest BCUT2D eigenvalue weighted by Crippen LogP contribution is -2.56. The molecule has 39 heavy (non-hydrogen) atoms. The van der Waals surface area contributed by atoms with Crippen LogP contribution in [0.5, 0.6) is 0 Å². The number of fused-ring (bicyclic) bond motifs is 2. The predicted octanol–water partition coefficient (Wildman–Crippen LogP) is 3.03. The van der Waals surface area contributed by atoms with E-state index in [-0.39, 0.29) is 29.3 Å². The molecular formula is C25H29F2N7O4S. The van der Waals surface area contributed by atoms with Gasteiger partial charge in [-0.1, -0.05) is 17.7 Å². The first kappa shape index (κ1) is 26.9. The summed E-state index contributed by atoms with van der Waals surface area (Å²) in [6, 6.07) is 7.75. The number of nitrogens with zero attached hydrogens (tertiary/aromatic N) is 6. The van der Waals surface area contributed by atoms with E-state index in [4.69, 9.17) is 4.55 Å². The molecule has 3 aromatic rings. The van der Waals surface area contributed by atoms with Gasteiger partial charge in [0.05, 0.1) is 16.8 Å². The summed E-state index contributed by atoms with van der Waals surface area (Å²) in [4.78, 5) is 25.1. The number of aromatic nitrogens is 4. The van der Waals surface area contributed by atoms with Crippen LogP contribution in [0.25, 0.3) is 0 Å². The molecule has 3 atom stereocenters. The third kappa shape index (κ3) is 6.01. The van der Waals surface area contributed by atoms with Crippen molar-refractivity contribution in [3.8, 4) is 0 Å². The molecule has 208 valence electrons. The SMILES string of the molecule is Cc1ccc(S(=O)(=O)O)cc1.Cn1cc(Nc2nccc(N3CC4CCC(C3)N4C(=O)C3CC3(F)F)n2)cn1. The van der Waals surface area contributed by atoms with Crippen LogP contribution >= 0.6 is 0 Å². The molecule has 1 aromatic carbocycles. The molecule has 1 aliphatic carbocycles. The number of amides is 1. The van der Waals surface area contributed by atoms with Crippen LogP contribution in [0.2, 0.25) is 0 Å². The zero-order valence-corrected chi connectivity index (χ0v) is 22.2. The number of benzene rings is 1. The summed E-state index contributed by atoms with van der Waals surface area (Å²) >= 11 is 0. The lowest BCUT2D eigenvalue weighted by Gasteiger charge is -2.41. The van der Waals surface area contributed by atoms with E-state index < -0.39 is 22.0 Å². The van der Waals surface area contributed by atoms with Gasteiger partial charge in [0.25, 0.3) is 16.0 Å². The van der Waals surface area contributed by atoms with E-state index in [0.29, 0.717) is 19.0 Å². The maximum absolute atomic E-state index is 13.4. The van der Waals surface area contributed by atoms with Crippen molar-refractivity contribution in [3.63, 3.8) is 0 Å². The fourth-order valence-corrected chi connectivity index (χ4v) is 5.50. The molecule has 3 unspecified atom stereocenters. The normalized spacial score (nSPS) is 23.2. The van der Waals surface area contributed by atoms with Crippen molar-refractivity contribution in [2.24, 2.45) is 13.0 Å². The van der Waals surface area contributed by atoms with E-state index in [1.807, 2.05) is 26.2 Å². The molecule has 1 amide bonds. The minimum atomic E-state index is -4.02. The molecule has 3 aliphatic rings. The number of alkyl halides is 2. The van der Waals surface area contributed by atoms with Gasteiger partial charge in [-0.3, -0.25) is 14.0 Å². The zero-order chi connectivity index (χ0) is 27.9. The van der Waals surface area contributed by atoms with E-state index in [0.717, 1.165) is 29.9 Å². The smallest absolute Gasteiger partial charge is 0.294 e. The molecule has 4 heterocycles. The van der Waals surface area contributed by atoms with Gasteiger partial charge in [-0.2, -0.15) is 18.5 Å². The van der Waals surface area contributed by atoms with Crippen molar-refractivity contribution in [3.05, 3.63) is 54.5 Å². The first-order chi connectivity index (χ1) is 18.4. The number of rotatable bonds is 5. The third-order valence-electron chi connectivity index (χ3n) is 7.11. The molecule has 6 rings (SSSR count). The summed E-state index contributed by atoms with van der Waals surface area (Å²) < 4.78 is 57.9. The summed E-state index contributed by atoms with van der Waals surface area (Å²) in [7, 11) is -2.19. The second-order valence-electron chi connectivity index (χ2n) is 10.1. The van der Waals surface area contributed by atoms with Gasteiger partial charge in [0, 0.05) is 51.0 Å². The largest absolute Gasteiger partial charge is 0.352 e. The Labute approximate surface area is 224 Å². The number of carbonyl (C=O) groups excluding carboxylic acids is 1. The quantitative estimate of drug-likeness (QED) is 0.451. The Balaban J connectivity index is 0.000000237. The van der Waals surface area contributed by atoms with E-state index in [9.17, 15) is 22.0 Å². The van der Waals surface area contributed by atoms with Gasteiger partial charge in [-0.15, -0.1) is 0 Å². The number of aryl methyl sites for hydroxylation is 2. The van der Waals surface area contributed by atoms with Gasteiger partial charge in [0.2, 0.25) is 11.9 Å². The summed E-state index contributed by atoms with van der Waals surface area (Å²) in [6.45, 7) is 3.04. The van der Waals surface area contributed by atoms with Crippen molar-refractivity contribution >= 4 is 33.5 Å². The Morgan fingerprint density at radius 1 is 1.13 bits per heavy atom. The Morgan fingerprint density at radius 3 is 2.31 bits per heavy atom. The molecule has 0 spiro atoms. The van der Waals surface area contributed by atoms with Crippen LogP contribution < -0.4 is 10.2 Å². The van der Waals surface area contributed by atoms with Crippen molar-refractivity contribution in [2.75, 3.05) is 23.3 Å². The monoisotopic (exact) mass is 561 g/mol. The van der Waals surface area contributed by atoms with Gasteiger partial charge >= 0.3 is 0 Å². The summed E-state index contributed by atoms with van der Waals surface area (Å²) in [5.41, 5.74) is 1.75. The average Bonchev–Trinajstić information content (AvgIpc) is 3.18. The van der Waals surface area contributed by atoms with Gasteiger partial charge in [0.1, 0.15) is 11.7 Å². The predicted molar refractivity (Wildman–Crippen MR) is 138 cm³/mol. The van der Waals surface area contributed by atoms with Crippen LogP contribution in [0.3, 0.4) is 0 Å². The summed E-state index contributed by atoms with van der Waals surface area (Å²) in [5, 5.41) is 7.23. The van der Waals surface area contributed by atoms with E-state index >= 15 is 0 Å². The van der Waals surface area contributed by atoms with E-state index in [1.54, 1.807) is 34.1 Å². The standard InChI is InChI=1S/C18H21F2N7O.C7H8O3S/c1-25-8-11(7-22-25)23-17-21-5-4-15(24-17)26-9-12-2-3-13(10-26)27(12)16(28)14-6-18(14,19)20;1-6-2-4-7(5-3-6)11(8,9)10/h4-5,7-8,12-14H,2-3,6,9-10H2,1H3,(H,21,23,24);2-5H,1H3,(H,8,9,10). The van der Waals surface area contributed by atoms with E-state index in [2.05, 4.69) is 25.3 Å². The van der Waals surface area contributed by atoms with Gasteiger partial charge in [-0.05, 0) is 38.0 Å². The van der Waals surface area contributed by atoms with Crippen molar-refractivity contribution in [1.82, 2.24) is 24.6 Å². The van der Waals surface area contributed by atoms with Crippen LogP contribution in [0.15, 0.2) is 53.8 Å². The Hall–Kier alpha value is -3.65. The van der Waals surface area contributed by atoms with Crippen molar-refractivity contribution in [2.45, 2.75) is 49.1 Å². The maximum Gasteiger partial charge on any atom is 0.294 e. The average molecular weight is 562 g/mol. The zero-order valence-electron chi connectivity index (χ0n) is 21.4. The molecule has 2 aromatic heterocycles. The fraction of sp³-hybridized carbons (Fsp3) is 0.440. The number of piperazine rings is 1. The minimum Gasteiger partial charge on any atom is -0.352 e. The number of hydrogen-bond acceptors (Lipinski definition) is 8. The highest BCUT2D eigenvalue weighted by atomic mass is 32.2. The molecule has 3 fully saturated rings. The molecule has 1 saturated carbocycles.